The van der Waals surface area contributed by atoms with Crippen LogP contribution in [-0.2, 0) is 0 Å². The zero-order valence-electron chi connectivity index (χ0n) is 30.6. The molecule has 0 aromatic heterocycles. The molecule has 4 atom stereocenters. The Morgan fingerprint density at radius 3 is 0.683 bits per heavy atom. The molecule has 41 heavy (non-hydrogen) atoms. The fourth-order valence-electron chi connectivity index (χ4n) is 8.19. The van der Waals surface area contributed by atoms with Crippen LogP contribution in [0.4, 0.5) is 0 Å². The van der Waals surface area contributed by atoms with Crippen LogP contribution in [0.2, 0.25) is 0 Å². The van der Waals surface area contributed by atoms with Crippen molar-refractivity contribution in [3.05, 3.63) is 0 Å². The molecule has 0 aromatic carbocycles. The average molecular weight is 597 g/mol. The van der Waals surface area contributed by atoms with Gasteiger partial charge in [0.05, 0.1) is 0 Å². The molecule has 0 aliphatic carbocycles. The van der Waals surface area contributed by atoms with Gasteiger partial charge in [-0.3, -0.25) is 0 Å². The Balaban J connectivity index is 6.13. The van der Waals surface area contributed by atoms with Gasteiger partial charge in [-0.25, -0.2) is 0 Å². The summed E-state index contributed by atoms with van der Waals surface area (Å²) in [5, 5.41) is 0. The van der Waals surface area contributed by atoms with Crippen molar-refractivity contribution in [1.29, 1.82) is 0 Å². The van der Waals surface area contributed by atoms with E-state index in [2.05, 4.69) is 55.4 Å². The third-order valence-corrected chi connectivity index (χ3v) is 16.8. The SMILES string of the molecule is CCCCCCC(CC)C[PH](CC(CC)CCCCCC)(CC(CC)CCCCCC)CC(CC)CCCCCC. The molecule has 250 valence electrons. The zero-order valence-corrected chi connectivity index (χ0v) is 31.6. The normalized spacial score (nSPS) is 15.6. The molecule has 0 rings (SSSR count). The molecular weight excluding hydrogens is 511 g/mol. The summed E-state index contributed by atoms with van der Waals surface area (Å²) in [4.78, 5) is 0. The van der Waals surface area contributed by atoms with Crippen LogP contribution in [0.1, 0.15) is 209 Å². The minimum atomic E-state index is -1.41. The molecule has 0 N–H and O–H groups in total. The predicted molar refractivity (Wildman–Crippen MR) is 198 cm³/mol. The number of rotatable bonds is 32. The van der Waals surface area contributed by atoms with Gasteiger partial charge in [-0.15, -0.1) is 0 Å². The Labute approximate surface area is 264 Å². The van der Waals surface area contributed by atoms with Gasteiger partial charge in [0, 0.05) is 0 Å². The van der Waals surface area contributed by atoms with Crippen molar-refractivity contribution in [2.45, 2.75) is 209 Å². The summed E-state index contributed by atoms with van der Waals surface area (Å²) in [5.74, 6) is 4.02. The predicted octanol–water partition coefficient (Wildman–Crippen LogP) is 14.7. The Hall–Kier alpha value is 0.430. The molecular formula is C40H85P. The van der Waals surface area contributed by atoms with E-state index >= 15 is 0 Å². The van der Waals surface area contributed by atoms with Gasteiger partial charge >= 0.3 is 265 Å². The Kier molecular flexibility index (Phi) is 29.5. The number of hydrogen-bond donors (Lipinski definition) is 0. The van der Waals surface area contributed by atoms with Crippen molar-refractivity contribution < 1.29 is 0 Å². The van der Waals surface area contributed by atoms with Crippen LogP contribution in [0.25, 0.3) is 0 Å². The Bertz CT molecular complexity index is 419. The van der Waals surface area contributed by atoms with Gasteiger partial charge in [0.2, 0.25) is 0 Å². The topological polar surface area (TPSA) is 0 Å². The molecule has 0 aromatic rings. The summed E-state index contributed by atoms with van der Waals surface area (Å²) >= 11 is 0. The van der Waals surface area contributed by atoms with E-state index in [-0.39, 0.29) is 0 Å². The molecule has 0 aliphatic heterocycles. The van der Waals surface area contributed by atoms with E-state index in [1.807, 2.05) is 0 Å². The molecule has 0 saturated carbocycles. The first-order valence-electron chi connectivity index (χ1n) is 20.0. The van der Waals surface area contributed by atoms with Crippen molar-refractivity contribution in [2.24, 2.45) is 23.7 Å². The zero-order chi connectivity index (χ0) is 30.6. The first-order chi connectivity index (χ1) is 20.0. The van der Waals surface area contributed by atoms with E-state index in [1.54, 1.807) is 24.6 Å². The summed E-state index contributed by atoms with van der Waals surface area (Å²) < 4.78 is 0. The van der Waals surface area contributed by atoms with Gasteiger partial charge in [-0.1, -0.05) is 0 Å². The van der Waals surface area contributed by atoms with Crippen LogP contribution >= 0.6 is 7.26 Å². The summed E-state index contributed by atoms with van der Waals surface area (Å²) in [6, 6.07) is 0. The first kappa shape index (κ1) is 41.4. The molecule has 1 heteroatoms. The quantitative estimate of drug-likeness (QED) is 0.0535. The number of hydrogen-bond acceptors (Lipinski definition) is 0. The first-order valence-corrected chi connectivity index (χ1v) is 22.8. The molecule has 0 saturated heterocycles. The van der Waals surface area contributed by atoms with E-state index in [1.165, 1.54) is 154 Å². The summed E-state index contributed by atoms with van der Waals surface area (Å²) in [6.45, 7) is 19.7. The van der Waals surface area contributed by atoms with Crippen molar-refractivity contribution in [3.8, 4) is 0 Å². The van der Waals surface area contributed by atoms with Crippen LogP contribution in [-0.4, -0.2) is 24.6 Å². The average Bonchev–Trinajstić information content (AvgIpc) is 2.99. The van der Waals surface area contributed by atoms with Crippen LogP contribution < -0.4 is 0 Å². The third kappa shape index (κ3) is 21.7. The van der Waals surface area contributed by atoms with Crippen LogP contribution in [0, 0.1) is 23.7 Å². The van der Waals surface area contributed by atoms with Gasteiger partial charge in [0.15, 0.2) is 0 Å². The second kappa shape index (κ2) is 29.2. The van der Waals surface area contributed by atoms with Crippen LogP contribution in [0.5, 0.6) is 0 Å². The molecule has 0 radical (unpaired) electrons. The van der Waals surface area contributed by atoms with E-state index in [0.29, 0.717) is 0 Å². The second-order valence-electron chi connectivity index (χ2n) is 14.8. The van der Waals surface area contributed by atoms with E-state index < -0.39 is 7.26 Å². The minimum absolute atomic E-state index is 1.01. The molecule has 0 fully saturated rings. The summed E-state index contributed by atoms with van der Waals surface area (Å²) in [7, 11) is -1.41. The van der Waals surface area contributed by atoms with Crippen molar-refractivity contribution in [1.82, 2.24) is 0 Å². The molecule has 0 spiro atoms. The molecule has 0 heterocycles. The maximum atomic E-state index is 2.55. The fourth-order valence-corrected chi connectivity index (χ4v) is 16.1. The maximum absolute atomic E-state index is 2.55. The molecule has 0 aliphatic rings. The summed E-state index contributed by atoms with van der Waals surface area (Å²) in [6.07, 6.45) is 41.7. The summed E-state index contributed by atoms with van der Waals surface area (Å²) in [5.41, 5.74) is 0. The van der Waals surface area contributed by atoms with E-state index in [9.17, 15) is 0 Å². The molecule has 0 amide bonds. The van der Waals surface area contributed by atoms with Crippen molar-refractivity contribution in [3.63, 3.8) is 0 Å². The van der Waals surface area contributed by atoms with Crippen molar-refractivity contribution >= 4 is 7.26 Å². The van der Waals surface area contributed by atoms with E-state index in [4.69, 9.17) is 0 Å². The van der Waals surface area contributed by atoms with Gasteiger partial charge in [-0.05, 0) is 0 Å². The van der Waals surface area contributed by atoms with Gasteiger partial charge in [0.25, 0.3) is 0 Å². The molecule has 4 unspecified atom stereocenters. The van der Waals surface area contributed by atoms with Crippen LogP contribution in [0.15, 0.2) is 0 Å². The van der Waals surface area contributed by atoms with E-state index in [0.717, 1.165) is 23.7 Å². The monoisotopic (exact) mass is 597 g/mol. The van der Waals surface area contributed by atoms with Gasteiger partial charge in [0.1, 0.15) is 0 Å². The molecule has 0 bridgehead atoms. The molecule has 0 nitrogen and oxygen atoms in total. The van der Waals surface area contributed by atoms with Crippen LogP contribution in [0.3, 0.4) is 0 Å². The standard InChI is InChI=1S/C40H85P/c1-9-17-21-25-29-37(13-5)33-41(34-38(14-6)30-26-22-18-10-2,35-39(15-7)31-27-23-19-11-3)36-40(16-8)32-28-24-20-12-4/h37-41H,9-36H2,1-8H3. The third-order valence-electron chi connectivity index (χ3n) is 11.1. The fraction of sp³-hybridized carbons (Fsp3) is 1.00. The Morgan fingerprint density at radius 1 is 0.293 bits per heavy atom. The Morgan fingerprint density at radius 2 is 0.512 bits per heavy atom. The van der Waals surface area contributed by atoms with Gasteiger partial charge in [-0.2, -0.15) is 0 Å². The number of unbranched alkanes of at least 4 members (excludes halogenated alkanes) is 12. The second-order valence-corrected chi connectivity index (χ2v) is 19.4. The van der Waals surface area contributed by atoms with Crippen molar-refractivity contribution in [2.75, 3.05) is 24.6 Å². The van der Waals surface area contributed by atoms with Gasteiger partial charge < -0.3 is 0 Å².